The number of hydrogen-bond acceptors (Lipinski definition) is 4. The Labute approximate surface area is 107 Å². The first kappa shape index (κ1) is 12.8. The van der Waals surface area contributed by atoms with E-state index in [0.29, 0.717) is 18.4 Å². The number of nitrogens with zero attached hydrogens (tertiary/aromatic N) is 2. The van der Waals surface area contributed by atoms with Crippen molar-refractivity contribution >= 4 is 11.4 Å². The Morgan fingerprint density at radius 2 is 2.11 bits per heavy atom. The number of nitro groups is 1. The third kappa shape index (κ3) is 2.61. The minimum Gasteiger partial charge on any atom is -0.371 e. The Hall–Kier alpha value is -1.62. The Bertz CT molecular complexity index is 419. The number of rotatable bonds is 3. The fourth-order valence-corrected chi connectivity index (χ4v) is 2.48. The monoisotopic (exact) mass is 249 g/mol. The van der Waals surface area contributed by atoms with E-state index in [9.17, 15) is 10.1 Å². The average Bonchev–Trinajstić information content (AvgIpc) is 2.39. The average molecular weight is 249 g/mol. The lowest BCUT2D eigenvalue weighted by Gasteiger charge is -2.38. The molecule has 1 aliphatic rings. The van der Waals surface area contributed by atoms with Crippen molar-refractivity contribution in [1.82, 2.24) is 0 Å². The third-order valence-corrected chi connectivity index (χ3v) is 3.84. The maximum absolute atomic E-state index is 10.6. The largest absolute Gasteiger partial charge is 0.371 e. The van der Waals surface area contributed by atoms with Crippen LogP contribution < -0.4 is 10.6 Å². The van der Waals surface area contributed by atoms with Crippen molar-refractivity contribution in [2.75, 3.05) is 24.5 Å². The van der Waals surface area contributed by atoms with E-state index in [1.54, 1.807) is 12.1 Å². The van der Waals surface area contributed by atoms with Crippen LogP contribution in [-0.4, -0.2) is 24.6 Å². The zero-order valence-corrected chi connectivity index (χ0v) is 10.6. The third-order valence-electron chi connectivity index (χ3n) is 3.84. The van der Waals surface area contributed by atoms with Crippen molar-refractivity contribution in [3.8, 4) is 0 Å². The Balaban J connectivity index is 2.09. The summed E-state index contributed by atoms with van der Waals surface area (Å²) in [6.45, 7) is 4.88. The zero-order valence-electron chi connectivity index (χ0n) is 10.6. The Kier molecular flexibility index (Phi) is 3.81. The van der Waals surface area contributed by atoms with Gasteiger partial charge in [0.15, 0.2) is 0 Å². The molecule has 0 aromatic heterocycles. The van der Waals surface area contributed by atoms with Crippen LogP contribution in [-0.2, 0) is 0 Å². The normalized spacial score (nSPS) is 24.0. The highest BCUT2D eigenvalue weighted by atomic mass is 16.6. The summed E-state index contributed by atoms with van der Waals surface area (Å²) < 4.78 is 0. The van der Waals surface area contributed by atoms with E-state index in [2.05, 4.69) is 11.8 Å². The van der Waals surface area contributed by atoms with Crippen LogP contribution in [0.15, 0.2) is 24.3 Å². The summed E-state index contributed by atoms with van der Waals surface area (Å²) in [4.78, 5) is 12.5. The van der Waals surface area contributed by atoms with Gasteiger partial charge in [0.1, 0.15) is 0 Å². The summed E-state index contributed by atoms with van der Waals surface area (Å²) in [5.74, 6) is 1.17. The number of anilines is 1. The molecule has 1 aliphatic heterocycles. The topological polar surface area (TPSA) is 72.4 Å². The molecule has 5 nitrogen and oxygen atoms in total. The molecule has 0 amide bonds. The smallest absolute Gasteiger partial charge is 0.269 e. The molecule has 98 valence electrons. The van der Waals surface area contributed by atoms with Crippen molar-refractivity contribution < 1.29 is 4.92 Å². The van der Waals surface area contributed by atoms with Crippen molar-refractivity contribution in [2.24, 2.45) is 17.6 Å². The standard InChI is InChI=1S/C13H19N3O2/c1-10-6-7-15(9-11(10)8-14)12-2-4-13(5-3-12)16(17)18/h2-5,10-11H,6-9,14H2,1H3. The van der Waals surface area contributed by atoms with E-state index < -0.39 is 0 Å². The van der Waals surface area contributed by atoms with Gasteiger partial charge in [0.05, 0.1) is 4.92 Å². The molecule has 1 aromatic carbocycles. The first-order valence-corrected chi connectivity index (χ1v) is 6.31. The van der Waals surface area contributed by atoms with Crippen LogP contribution in [0, 0.1) is 22.0 Å². The van der Waals surface area contributed by atoms with Gasteiger partial charge in [0.2, 0.25) is 0 Å². The van der Waals surface area contributed by atoms with Gasteiger partial charge < -0.3 is 10.6 Å². The molecule has 1 heterocycles. The molecule has 1 aromatic rings. The Morgan fingerprint density at radius 1 is 1.44 bits per heavy atom. The lowest BCUT2D eigenvalue weighted by Crippen LogP contribution is -2.42. The summed E-state index contributed by atoms with van der Waals surface area (Å²) in [5, 5.41) is 10.6. The molecule has 1 saturated heterocycles. The van der Waals surface area contributed by atoms with Crippen LogP contribution >= 0.6 is 0 Å². The molecule has 2 atom stereocenters. The second-order valence-corrected chi connectivity index (χ2v) is 4.98. The quantitative estimate of drug-likeness (QED) is 0.657. The predicted molar refractivity (Wildman–Crippen MR) is 71.6 cm³/mol. The zero-order chi connectivity index (χ0) is 13.1. The van der Waals surface area contributed by atoms with Gasteiger partial charge >= 0.3 is 0 Å². The molecule has 0 radical (unpaired) electrons. The van der Waals surface area contributed by atoms with Crippen LogP contribution in [0.2, 0.25) is 0 Å². The lowest BCUT2D eigenvalue weighted by molar-refractivity contribution is -0.384. The Morgan fingerprint density at radius 3 is 2.67 bits per heavy atom. The first-order valence-electron chi connectivity index (χ1n) is 6.31. The molecule has 2 N–H and O–H groups in total. The summed E-state index contributed by atoms with van der Waals surface area (Å²) in [6.07, 6.45) is 1.12. The maximum Gasteiger partial charge on any atom is 0.269 e. The molecule has 0 aliphatic carbocycles. The molecule has 18 heavy (non-hydrogen) atoms. The molecule has 1 fully saturated rings. The number of nitrogens with two attached hydrogens (primary N) is 1. The van der Waals surface area contributed by atoms with Gasteiger partial charge in [-0.2, -0.15) is 0 Å². The van der Waals surface area contributed by atoms with Crippen molar-refractivity contribution in [1.29, 1.82) is 0 Å². The summed E-state index contributed by atoms with van der Waals surface area (Å²) in [6, 6.07) is 6.76. The summed E-state index contributed by atoms with van der Waals surface area (Å²) in [5.41, 5.74) is 6.97. The van der Waals surface area contributed by atoms with Crippen LogP contribution in [0.1, 0.15) is 13.3 Å². The molecular weight excluding hydrogens is 230 g/mol. The van der Waals surface area contributed by atoms with Gasteiger partial charge in [-0.05, 0) is 36.9 Å². The van der Waals surface area contributed by atoms with Crippen LogP contribution in [0.25, 0.3) is 0 Å². The van der Waals surface area contributed by atoms with E-state index in [4.69, 9.17) is 5.73 Å². The lowest BCUT2D eigenvalue weighted by atomic mass is 9.87. The molecule has 0 spiro atoms. The second kappa shape index (κ2) is 5.35. The molecular formula is C13H19N3O2. The van der Waals surface area contributed by atoms with Gasteiger partial charge in [0, 0.05) is 30.9 Å². The van der Waals surface area contributed by atoms with Gasteiger partial charge in [-0.25, -0.2) is 0 Å². The number of hydrogen-bond donors (Lipinski definition) is 1. The summed E-state index contributed by atoms with van der Waals surface area (Å²) in [7, 11) is 0. The number of nitro benzene ring substituents is 1. The van der Waals surface area contributed by atoms with Gasteiger partial charge in [-0.1, -0.05) is 6.92 Å². The van der Waals surface area contributed by atoms with Crippen LogP contribution in [0.5, 0.6) is 0 Å². The predicted octanol–water partition coefficient (Wildman–Crippen LogP) is 2.02. The van der Waals surface area contributed by atoms with Crippen LogP contribution in [0.3, 0.4) is 0 Å². The molecule has 0 saturated carbocycles. The van der Waals surface area contributed by atoms with E-state index >= 15 is 0 Å². The first-order chi connectivity index (χ1) is 8.61. The van der Waals surface area contributed by atoms with E-state index in [-0.39, 0.29) is 10.6 Å². The van der Waals surface area contributed by atoms with Crippen molar-refractivity contribution in [3.63, 3.8) is 0 Å². The SMILES string of the molecule is CC1CCN(c2ccc([N+](=O)[O-])cc2)CC1CN. The van der Waals surface area contributed by atoms with Gasteiger partial charge in [-0.3, -0.25) is 10.1 Å². The highest BCUT2D eigenvalue weighted by Crippen LogP contribution is 2.27. The number of benzene rings is 1. The maximum atomic E-state index is 10.6. The minimum absolute atomic E-state index is 0.138. The minimum atomic E-state index is -0.370. The molecule has 2 rings (SSSR count). The fourth-order valence-electron chi connectivity index (χ4n) is 2.48. The van der Waals surface area contributed by atoms with Crippen molar-refractivity contribution in [2.45, 2.75) is 13.3 Å². The molecule has 0 bridgehead atoms. The molecule has 2 unspecified atom stereocenters. The van der Waals surface area contributed by atoms with Gasteiger partial charge in [0.25, 0.3) is 5.69 Å². The van der Waals surface area contributed by atoms with E-state index in [1.807, 2.05) is 12.1 Å². The van der Waals surface area contributed by atoms with Gasteiger partial charge in [-0.15, -0.1) is 0 Å². The van der Waals surface area contributed by atoms with E-state index in [0.717, 1.165) is 25.2 Å². The van der Waals surface area contributed by atoms with Crippen LogP contribution in [0.4, 0.5) is 11.4 Å². The number of non-ortho nitro benzene ring substituents is 1. The van der Waals surface area contributed by atoms with E-state index in [1.165, 1.54) is 0 Å². The second-order valence-electron chi connectivity index (χ2n) is 4.98. The fraction of sp³-hybridized carbons (Fsp3) is 0.538. The number of piperidine rings is 1. The summed E-state index contributed by atoms with van der Waals surface area (Å²) >= 11 is 0. The van der Waals surface area contributed by atoms with Crippen molar-refractivity contribution in [3.05, 3.63) is 34.4 Å². The highest BCUT2D eigenvalue weighted by molar-refractivity contribution is 5.51. The molecule has 5 heteroatoms. The highest BCUT2D eigenvalue weighted by Gasteiger charge is 2.25.